The molecular weight excluding hydrogens is 196 g/mol. The third-order valence-electron chi connectivity index (χ3n) is 2.08. The zero-order valence-electron chi connectivity index (χ0n) is 7.32. The lowest BCUT2D eigenvalue weighted by Crippen LogP contribution is -1.87. The van der Waals surface area contributed by atoms with Crippen molar-refractivity contribution in [3.05, 3.63) is 28.6 Å². The van der Waals surface area contributed by atoms with Crippen molar-refractivity contribution in [1.82, 2.24) is 0 Å². The van der Waals surface area contributed by atoms with Crippen LogP contribution in [0.5, 0.6) is 0 Å². The molecule has 2 aromatic rings. The average Bonchev–Trinajstić information content (AvgIpc) is 2.56. The second kappa shape index (κ2) is 3.29. The maximum atomic E-state index is 9.06. The molecule has 0 aliphatic rings. The number of anilines is 1. The lowest BCUT2D eigenvalue weighted by molar-refractivity contribution is 0.285. The minimum atomic E-state index is -0.109. The van der Waals surface area contributed by atoms with Crippen LogP contribution in [0.15, 0.2) is 18.2 Å². The monoisotopic (exact) mass is 204 g/mol. The molecule has 0 spiro atoms. The van der Waals surface area contributed by atoms with Crippen LogP contribution in [-0.2, 0) is 6.61 Å². The van der Waals surface area contributed by atoms with Crippen LogP contribution < -0.4 is 5.73 Å². The first-order chi connectivity index (χ1) is 6.77. The van der Waals surface area contributed by atoms with E-state index in [2.05, 4.69) is 6.07 Å². The van der Waals surface area contributed by atoms with E-state index in [1.54, 1.807) is 6.07 Å². The Hall–Kier alpha value is -1.57. The second-order valence-corrected chi connectivity index (χ2v) is 4.03. The molecule has 0 atom stereocenters. The van der Waals surface area contributed by atoms with E-state index in [9.17, 15) is 0 Å². The summed E-state index contributed by atoms with van der Waals surface area (Å²) < 4.78 is 0.950. The van der Waals surface area contributed by atoms with Crippen molar-refractivity contribution in [3.8, 4) is 6.07 Å². The standard InChI is InChI=1S/C10H8N2OS/c11-4-6-9(5-13)14-8-3-1-2-7(12)10(6)8/h1-3,13H,5,12H2. The van der Waals surface area contributed by atoms with E-state index in [4.69, 9.17) is 16.1 Å². The molecule has 4 heteroatoms. The van der Waals surface area contributed by atoms with E-state index in [1.807, 2.05) is 12.1 Å². The highest BCUT2D eigenvalue weighted by molar-refractivity contribution is 7.19. The largest absolute Gasteiger partial charge is 0.398 e. The summed E-state index contributed by atoms with van der Waals surface area (Å²) in [5.74, 6) is 0. The van der Waals surface area contributed by atoms with Crippen LogP contribution >= 0.6 is 11.3 Å². The first-order valence-corrected chi connectivity index (χ1v) is 4.90. The molecule has 1 aromatic carbocycles. The Morgan fingerprint density at radius 3 is 2.93 bits per heavy atom. The van der Waals surface area contributed by atoms with Crippen molar-refractivity contribution in [1.29, 1.82) is 5.26 Å². The highest BCUT2D eigenvalue weighted by Crippen LogP contribution is 2.34. The maximum absolute atomic E-state index is 9.06. The molecule has 0 saturated heterocycles. The first-order valence-electron chi connectivity index (χ1n) is 4.08. The lowest BCUT2D eigenvalue weighted by Gasteiger charge is -1.95. The number of hydrogen-bond acceptors (Lipinski definition) is 4. The summed E-state index contributed by atoms with van der Waals surface area (Å²) in [4.78, 5) is 0.681. The number of hydrogen-bond donors (Lipinski definition) is 2. The number of thiophene rings is 1. The van der Waals surface area contributed by atoms with E-state index < -0.39 is 0 Å². The smallest absolute Gasteiger partial charge is 0.101 e. The van der Waals surface area contributed by atoms with Crippen molar-refractivity contribution >= 4 is 27.1 Å². The minimum Gasteiger partial charge on any atom is -0.398 e. The minimum absolute atomic E-state index is 0.109. The molecule has 14 heavy (non-hydrogen) atoms. The summed E-state index contributed by atoms with van der Waals surface area (Å²) in [6.45, 7) is -0.109. The maximum Gasteiger partial charge on any atom is 0.101 e. The third kappa shape index (κ3) is 1.15. The summed E-state index contributed by atoms with van der Waals surface area (Å²) in [7, 11) is 0. The molecular formula is C10H8N2OS. The Morgan fingerprint density at radius 1 is 1.50 bits per heavy atom. The summed E-state index contributed by atoms with van der Waals surface area (Å²) in [5.41, 5.74) is 6.87. The van der Waals surface area contributed by atoms with Gasteiger partial charge in [0, 0.05) is 20.7 Å². The number of nitrogen functional groups attached to an aromatic ring is 1. The molecule has 2 rings (SSSR count). The number of benzene rings is 1. The fourth-order valence-corrected chi connectivity index (χ4v) is 2.50. The number of rotatable bonds is 1. The van der Waals surface area contributed by atoms with Gasteiger partial charge in [0.2, 0.25) is 0 Å². The van der Waals surface area contributed by atoms with Gasteiger partial charge in [-0.05, 0) is 12.1 Å². The van der Waals surface area contributed by atoms with Gasteiger partial charge in [0.15, 0.2) is 0 Å². The molecule has 0 amide bonds. The molecule has 0 bridgehead atoms. The Balaban J connectivity index is 2.90. The fraction of sp³-hybridized carbons (Fsp3) is 0.100. The van der Waals surface area contributed by atoms with Gasteiger partial charge in [-0.15, -0.1) is 11.3 Å². The SMILES string of the molecule is N#Cc1c(CO)sc2cccc(N)c12. The quantitative estimate of drug-likeness (QED) is 0.696. The molecule has 0 unspecified atom stereocenters. The van der Waals surface area contributed by atoms with Gasteiger partial charge in [0.05, 0.1) is 12.2 Å². The number of fused-ring (bicyclic) bond motifs is 1. The molecule has 0 fully saturated rings. The molecule has 1 heterocycles. The van der Waals surface area contributed by atoms with E-state index in [-0.39, 0.29) is 6.61 Å². The summed E-state index contributed by atoms with van der Waals surface area (Å²) >= 11 is 1.41. The van der Waals surface area contributed by atoms with Crippen LogP contribution in [0.3, 0.4) is 0 Å². The second-order valence-electron chi connectivity index (χ2n) is 2.89. The van der Waals surface area contributed by atoms with Crippen molar-refractivity contribution in [2.45, 2.75) is 6.61 Å². The zero-order chi connectivity index (χ0) is 10.1. The molecule has 0 aliphatic carbocycles. The molecule has 0 saturated carbocycles. The zero-order valence-corrected chi connectivity index (χ0v) is 8.14. The van der Waals surface area contributed by atoms with Gasteiger partial charge in [-0.25, -0.2) is 0 Å². The highest BCUT2D eigenvalue weighted by atomic mass is 32.1. The van der Waals surface area contributed by atoms with Gasteiger partial charge in [-0.1, -0.05) is 6.07 Å². The van der Waals surface area contributed by atoms with E-state index in [1.165, 1.54) is 11.3 Å². The van der Waals surface area contributed by atoms with Crippen LogP contribution in [0.2, 0.25) is 0 Å². The van der Waals surface area contributed by atoms with Crippen molar-refractivity contribution < 1.29 is 5.11 Å². The van der Waals surface area contributed by atoms with Gasteiger partial charge in [-0.3, -0.25) is 0 Å². The number of nitriles is 1. The number of aliphatic hydroxyl groups excluding tert-OH is 1. The molecule has 3 nitrogen and oxygen atoms in total. The number of aliphatic hydroxyl groups is 1. The van der Waals surface area contributed by atoms with Gasteiger partial charge in [-0.2, -0.15) is 5.26 Å². The molecule has 0 radical (unpaired) electrons. The predicted octanol–water partition coefficient (Wildman–Crippen LogP) is 1.85. The Kier molecular flexibility index (Phi) is 2.12. The molecule has 70 valence electrons. The van der Waals surface area contributed by atoms with Gasteiger partial charge in [0.1, 0.15) is 6.07 Å². The van der Waals surface area contributed by atoms with Crippen molar-refractivity contribution in [3.63, 3.8) is 0 Å². The Morgan fingerprint density at radius 2 is 2.29 bits per heavy atom. The van der Waals surface area contributed by atoms with Crippen LogP contribution in [0.1, 0.15) is 10.4 Å². The van der Waals surface area contributed by atoms with Gasteiger partial charge in [0.25, 0.3) is 0 Å². The van der Waals surface area contributed by atoms with Gasteiger partial charge < -0.3 is 10.8 Å². The lowest BCUT2D eigenvalue weighted by atomic mass is 10.1. The summed E-state index contributed by atoms with van der Waals surface area (Å²) in [6.07, 6.45) is 0. The van der Waals surface area contributed by atoms with E-state index in [0.717, 1.165) is 10.1 Å². The van der Waals surface area contributed by atoms with Crippen molar-refractivity contribution in [2.24, 2.45) is 0 Å². The highest BCUT2D eigenvalue weighted by Gasteiger charge is 2.12. The van der Waals surface area contributed by atoms with Crippen molar-refractivity contribution in [2.75, 3.05) is 5.73 Å². The third-order valence-corrected chi connectivity index (χ3v) is 3.22. The topological polar surface area (TPSA) is 70.0 Å². The Labute approximate surface area is 85.0 Å². The van der Waals surface area contributed by atoms with Crippen LogP contribution in [0.4, 0.5) is 5.69 Å². The van der Waals surface area contributed by atoms with Crippen LogP contribution in [-0.4, -0.2) is 5.11 Å². The molecule has 3 N–H and O–H groups in total. The number of nitrogens with two attached hydrogens (primary N) is 1. The van der Waals surface area contributed by atoms with Crippen LogP contribution in [0.25, 0.3) is 10.1 Å². The summed E-state index contributed by atoms with van der Waals surface area (Å²) in [5, 5.41) is 18.8. The summed E-state index contributed by atoms with van der Waals surface area (Å²) in [6, 6.07) is 7.58. The van der Waals surface area contributed by atoms with Crippen LogP contribution in [0, 0.1) is 11.3 Å². The fourth-order valence-electron chi connectivity index (χ4n) is 1.45. The van der Waals surface area contributed by atoms with Gasteiger partial charge >= 0.3 is 0 Å². The number of nitrogens with zero attached hydrogens (tertiary/aromatic N) is 1. The Bertz CT molecular complexity index is 525. The van der Waals surface area contributed by atoms with E-state index in [0.29, 0.717) is 16.1 Å². The average molecular weight is 204 g/mol. The molecule has 1 aromatic heterocycles. The predicted molar refractivity (Wildman–Crippen MR) is 56.9 cm³/mol. The first kappa shape index (κ1) is 9.00. The normalized spacial score (nSPS) is 10.3. The molecule has 0 aliphatic heterocycles. The van der Waals surface area contributed by atoms with E-state index >= 15 is 0 Å².